The molecule has 0 bridgehead atoms. The summed E-state index contributed by atoms with van der Waals surface area (Å²) in [7, 11) is 0. The van der Waals surface area contributed by atoms with Gasteiger partial charge in [-0.3, -0.25) is 9.78 Å². The van der Waals surface area contributed by atoms with Crippen LogP contribution in [0, 0.1) is 0 Å². The number of pyridine rings is 1. The lowest BCUT2D eigenvalue weighted by Crippen LogP contribution is -2.11. The van der Waals surface area contributed by atoms with Gasteiger partial charge in [0.2, 0.25) is 0 Å². The molecular formula is C12H12ClN3O2. The normalized spacial score (nSPS) is 10.7. The van der Waals surface area contributed by atoms with E-state index < -0.39 is 0 Å². The van der Waals surface area contributed by atoms with Crippen LogP contribution in [0.25, 0.3) is 11.1 Å². The molecule has 0 saturated carbocycles. The highest BCUT2D eigenvalue weighted by atomic mass is 35.5. The van der Waals surface area contributed by atoms with Crippen molar-refractivity contribution in [2.24, 2.45) is 0 Å². The molecule has 2 heterocycles. The topological polar surface area (TPSA) is 67.9 Å². The van der Waals surface area contributed by atoms with Crippen LogP contribution in [-0.2, 0) is 0 Å². The molecule has 2 aromatic heterocycles. The first-order valence-electron chi connectivity index (χ1n) is 5.43. The molecule has 1 N–H and O–H groups in total. The van der Waals surface area contributed by atoms with Gasteiger partial charge in [0.15, 0.2) is 0 Å². The number of aromatic nitrogens is 3. The summed E-state index contributed by atoms with van der Waals surface area (Å²) in [5, 5.41) is 6.15. The summed E-state index contributed by atoms with van der Waals surface area (Å²) in [4.78, 5) is 15.7. The minimum atomic E-state index is -0.317. The van der Waals surface area contributed by atoms with Crippen molar-refractivity contribution in [1.82, 2.24) is 15.2 Å². The number of hydrogen-bond donors (Lipinski definition) is 1. The largest absolute Gasteiger partial charge is 0.489 e. The predicted molar refractivity (Wildman–Crippen MR) is 68.9 cm³/mol. The first-order chi connectivity index (χ1) is 8.56. The van der Waals surface area contributed by atoms with Gasteiger partial charge in [-0.25, -0.2) is 5.10 Å². The summed E-state index contributed by atoms with van der Waals surface area (Å²) in [5.74, 6) is 0.606. The number of aromatic amines is 1. The molecule has 94 valence electrons. The fourth-order valence-electron chi connectivity index (χ4n) is 1.50. The van der Waals surface area contributed by atoms with Crippen molar-refractivity contribution in [3.8, 4) is 16.9 Å². The fraction of sp³-hybridized carbons (Fsp3) is 0.250. The SMILES string of the molecule is CC(C)Oc1cncc(-c2cc(Cl)n[nH]c2=O)c1. The van der Waals surface area contributed by atoms with E-state index in [1.54, 1.807) is 18.5 Å². The second-order valence-electron chi connectivity index (χ2n) is 4.01. The van der Waals surface area contributed by atoms with Gasteiger partial charge in [0.1, 0.15) is 10.9 Å². The minimum absolute atomic E-state index is 0.0429. The second-order valence-corrected chi connectivity index (χ2v) is 4.40. The quantitative estimate of drug-likeness (QED) is 0.924. The number of rotatable bonds is 3. The maximum Gasteiger partial charge on any atom is 0.272 e. The Morgan fingerprint density at radius 3 is 2.83 bits per heavy atom. The van der Waals surface area contributed by atoms with Gasteiger partial charge in [-0.05, 0) is 26.0 Å². The molecule has 0 atom stereocenters. The Kier molecular flexibility index (Phi) is 3.62. The maximum absolute atomic E-state index is 11.7. The zero-order chi connectivity index (χ0) is 13.1. The van der Waals surface area contributed by atoms with Crippen LogP contribution in [0.3, 0.4) is 0 Å². The van der Waals surface area contributed by atoms with Crippen LogP contribution in [0.4, 0.5) is 0 Å². The van der Waals surface area contributed by atoms with E-state index in [4.69, 9.17) is 16.3 Å². The van der Waals surface area contributed by atoms with Crippen LogP contribution in [-0.4, -0.2) is 21.3 Å². The third kappa shape index (κ3) is 2.87. The van der Waals surface area contributed by atoms with Crippen molar-refractivity contribution in [2.75, 3.05) is 0 Å². The van der Waals surface area contributed by atoms with Crippen LogP contribution in [0.15, 0.2) is 29.3 Å². The van der Waals surface area contributed by atoms with Gasteiger partial charge in [-0.15, -0.1) is 0 Å². The fourth-order valence-corrected chi connectivity index (χ4v) is 1.65. The molecule has 0 aliphatic heterocycles. The average Bonchev–Trinajstić information content (AvgIpc) is 2.32. The molecule has 0 fully saturated rings. The summed E-state index contributed by atoms with van der Waals surface area (Å²) in [6.07, 6.45) is 3.22. The van der Waals surface area contributed by atoms with Gasteiger partial charge in [0.05, 0.1) is 17.9 Å². The molecule has 0 unspecified atom stereocenters. The standard InChI is InChI=1S/C12H12ClN3O2/c1-7(2)18-9-3-8(5-14-6-9)10-4-11(13)15-16-12(10)17/h3-7H,1-2H3,(H,16,17). The summed E-state index contributed by atoms with van der Waals surface area (Å²) in [5.41, 5.74) is 0.735. The third-order valence-corrected chi connectivity index (χ3v) is 2.36. The zero-order valence-corrected chi connectivity index (χ0v) is 10.7. The molecule has 0 aliphatic rings. The number of nitrogens with one attached hydrogen (secondary N) is 1. The van der Waals surface area contributed by atoms with Crippen molar-refractivity contribution in [2.45, 2.75) is 20.0 Å². The molecule has 0 aliphatic carbocycles. The zero-order valence-electron chi connectivity index (χ0n) is 9.98. The monoisotopic (exact) mass is 265 g/mol. The molecule has 0 aromatic carbocycles. The first-order valence-corrected chi connectivity index (χ1v) is 5.81. The molecule has 5 nitrogen and oxygen atoms in total. The highest BCUT2D eigenvalue weighted by Gasteiger charge is 2.07. The summed E-state index contributed by atoms with van der Waals surface area (Å²) in [6.45, 7) is 3.84. The third-order valence-electron chi connectivity index (χ3n) is 2.17. The lowest BCUT2D eigenvalue weighted by molar-refractivity contribution is 0.241. The van der Waals surface area contributed by atoms with E-state index in [9.17, 15) is 4.79 Å². The molecule has 6 heteroatoms. The maximum atomic E-state index is 11.7. The van der Waals surface area contributed by atoms with E-state index in [1.165, 1.54) is 6.07 Å². The number of ether oxygens (including phenoxy) is 1. The molecule has 2 rings (SSSR count). The number of halogens is 1. The van der Waals surface area contributed by atoms with Crippen LogP contribution in [0.5, 0.6) is 5.75 Å². The Labute approximate surface area is 109 Å². The van der Waals surface area contributed by atoms with Gasteiger partial charge in [-0.1, -0.05) is 11.6 Å². The molecule has 2 aromatic rings. The lowest BCUT2D eigenvalue weighted by Gasteiger charge is -2.10. The molecule has 18 heavy (non-hydrogen) atoms. The van der Waals surface area contributed by atoms with Crippen LogP contribution in [0.2, 0.25) is 5.15 Å². The minimum Gasteiger partial charge on any atom is -0.489 e. The van der Waals surface area contributed by atoms with Crippen molar-refractivity contribution in [3.05, 3.63) is 40.0 Å². The molecule has 0 radical (unpaired) electrons. The Morgan fingerprint density at radius 2 is 2.11 bits per heavy atom. The second kappa shape index (κ2) is 5.18. The van der Waals surface area contributed by atoms with Crippen LogP contribution in [0.1, 0.15) is 13.8 Å². The lowest BCUT2D eigenvalue weighted by atomic mass is 10.1. The Balaban J connectivity index is 2.44. The summed E-state index contributed by atoms with van der Waals surface area (Å²) >= 11 is 5.76. The van der Waals surface area contributed by atoms with Gasteiger partial charge in [0.25, 0.3) is 5.56 Å². The van der Waals surface area contributed by atoms with Gasteiger partial charge < -0.3 is 4.74 Å². The number of nitrogens with zero attached hydrogens (tertiary/aromatic N) is 2. The number of H-pyrrole nitrogens is 1. The van der Waals surface area contributed by atoms with E-state index in [-0.39, 0.29) is 16.8 Å². The van der Waals surface area contributed by atoms with E-state index in [0.29, 0.717) is 16.9 Å². The smallest absolute Gasteiger partial charge is 0.272 e. The van der Waals surface area contributed by atoms with E-state index >= 15 is 0 Å². The highest BCUT2D eigenvalue weighted by Crippen LogP contribution is 2.21. The molecule has 0 spiro atoms. The average molecular weight is 266 g/mol. The Morgan fingerprint density at radius 1 is 1.33 bits per heavy atom. The van der Waals surface area contributed by atoms with Gasteiger partial charge in [0, 0.05) is 11.8 Å². The summed E-state index contributed by atoms with van der Waals surface area (Å²) in [6, 6.07) is 3.24. The predicted octanol–water partition coefficient (Wildman–Crippen LogP) is 2.27. The molecule has 0 saturated heterocycles. The van der Waals surface area contributed by atoms with E-state index in [2.05, 4.69) is 15.2 Å². The summed E-state index contributed by atoms with van der Waals surface area (Å²) < 4.78 is 5.52. The Bertz CT molecular complexity index is 610. The van der Waals surface area contributed by atoms with Crippen molar-refractivity contribution < 1.29 is 4.74 Å². The number of hydrogen-bond acceptors (Lipinski definition) is 4. The molecular weight excluding hydrogens is 254 g/mol. The van der Waals surface area contributed by atoms with Crippen LogP contribution >= 0.6 is 11.6 Å². The van der Waals surface area contributed by atoms with Gasteiger partial charge >= 0.3 is 0 Å². The highest BCUT2D eigenvalue weighted by molar-refractivity contribution is 6.29. The van der Waals surface area contributed by atoms with E-state index in [1.807, 2.05) is 13.8 Å². The molecule has 0 amide bonds. The van der Waals surface area contributed by atoms with E-state index in [0.717, 1.165) is 0 Å². The first kappa shape index (κ1) is 12.6. The van der Waals surface area contributed by atoms with Crippen molar-refractivity contribution >= 4 is 11.6 Å². The van der Waals surface area contributed by atoms with Crippen molar-refractivity contribution in [3.63, 3.8) is 0 Å². The Hall–Kier alpha value is -1.88. The van der Waals surface area contributed by atoms with Gasteiger partial charge in [-0.2, -0.15) is 5.10 Å². The van der Waals surface area contributed by atoms with Crippen LogP contribution < -0.4 is 10.3 Å². The van der Waals surface area contributed by atoms with Crippen molar-refractivity contribution in [1.29, 1.82) is 0 Å².